The zero-order chi connectivity index (χ0) is 12.7. The summed E-state index contributed by atoms with van der Waals surface area (Å²) in [5, 5.41) is 11.4. The van der Waals surface area contributed by atoms with Crippen molar-refractivity contribution in [3.8, 4) is 6.07 Å². The van der Waals surface area contributed by atoms with Crippen molar-refractivity contribution in [2.45, 2.75) is 20.3 Å². The van der Waals surface area contributed by atoms with Gasteiger partial charge < -0.3 is 10.2 Å². The lowest BCUT2D eigenvalue weighted by Gasteiger charge is -2.14. The normalized spacial score (nSPS) is 11.8. The van der Waals surface area contributed by atoms with Gasteiger partial charge in [0.15, 0.2) is 0 Å². The minimum Gasteiger partial charge on any atom is -0.354 e. The average Bonchev–Trinajstić information content (AvgIpc) is 2.17. The molecule has 0 rings (SSSR count). The molecule has 0 aromatic rings. The van der Waals surface area contributed by atoms with Gasteiger partial charge in [-0.1, -0.05) is 13.8 Å². The molecule has 0 fully saturated rings. The monoisotopic (exact) mass is 225 g/mol. The van der Waals surface area contributed by atoms with Crippen LogP contribution in [0.15, 0.2) is 0 Å². The summed E-state index contributed by atoms with van der Waals surface area (Å²) in [6.45, 7) is 3.91. The van der Waals surface area contributed by atoms with Crippen molar-refractivity contribution in [1.82, 2.24) is 10.2 Å². The number of nitrogens with one attached hydrogen (secondary N) is 1. The molecular formula is C11H19N3O2. The fourth-order valence-corrected chi connectivity index (χ4v) is 1.14. The van der Waals surface area contributed by atoms with Gasteiger partial charge in [-0.25, -0.2) is 0 Å². The van der Waals surface area contributed by atoms with E-state index in [1.54, 1.807) is 14.1 Å². The van der Waals surface area contributed by atoms with E-state index in [9.17, 15) is 9.59 Å². The van der Waals surface area contributed by atoms with Crippen LogP contribution in [-0.4, -0.2) is 37.4 Å². The summed E-state index contributed by atoms with van der Waals surface area (Å²) in [7, 11) is 3.33. The third-order valence-corrected chi connectivity index (χ3v) is 2.23. The van der Waals surface area contributed by atoms with Crippen LogP contribution in [0.3, 0.4) is 0 Å². The van der Waals surface area contributed by atoms with Crippen LogP contribution in [0, 0.1) is 23.2 Å². The third-order valence-electron chi connectivity index (χ3n) is 2.23. The first-order valence-electron chi connectivity index (χ1n) is 5.27. The molecule has 1 atom stereocenters. The van der Waals surface area contributed by atoms with Crippen LogP contribution in [0.5, 0.6) is 0 Å². The van der Waals surface area contributed by atoms with Crippen LogP contribution in [0.25, 0.3) is 0 Å². The predicted octanol–water partition coefficient (Wildman–Crippen LogP) is 0.377. The quantitative estimate of drug-likeness (QED) is 0.735. The molecule has 0 spiro atoms. The van der Waals surface area contributed by atoms with Crippen molar-refractivity contribution in [1.29, 1.82) is 5.26 Å². The lowest BCUT2D eigenvalue weighted by molar-refractivity contribution is -0.129. The highest BCUT2D eigenvalue weighted by Crippen LogP contribution is 2.09. The average molecular weight is 225 g/mol. The molecule has 0 aromatic heterocycles. The Morgan fingerprint density at radius 1 is 1.38 bits per heavy atom. The maximum atomic E-state index is 11.5. The Bertz CT molecular complexity index is 292. The van der Waals surface area contributed by atoms with Crippen LogP contribution in [-0.2, 0) is 9.59 Å². The van der Waals surface area contributed by atoms with Crippen LogP contribution < -0.4 is 5.32 Å². The van der Waals surface area contributed by atoms with Gasteiger partial charge in [-0.3, -0.25) is 9.59 Å². The molecule has 5 heteroatoms. The third kappa shape index (κ3) is 4.78. The summed E-state index contributed by atoms with van der Waals surface area (Å²) in [5.41, 5.74) is 0. The summed E-state index contributed by atoms with van der Waals surface area (Å²) in [4.78, 5) is 24.2. The molecule has 0 aliphatic carbocycles. The van der Waals surface area contributed by atoms with Crippen LogP contribution in [0.1, 0.15) is 20.3 Å². The minimum absolute atomic E-state index is 0.0189. The van der Waals surface area contributed by atoms with E-state index in [2.05, 4.69) is 5.32 Å². The van der Waals surface area contributed by atoms with Gasteiger partial charge in [0.1, 0.15) is 5.92 Å². The molecule has 5 nitrogen and oxygen atoms in total. The molecule has 16 heavy (non-hydrogen) atoms. The Morgan fingerprint density at radius 3 is 2.31 bits per heavy atom. The second-order valence-corrected chi connectivity index (χ2v) is 4.18. The highest BCUT2D eigenvalue weighted by molar-refractivity contribution is 5.82. The summed E-state index contributed by atoms with van der Waals surface area (Å²) in [6, 6.07) is 1.95. The van der Waals surface area contributed by atoms with E-state index in [1.807, 2.05) is 19.9 Å². The molecule has 0 aliphatic rings. The SMILES string of the molecule is CC(C)C(C#N)C(=O)NCCC(=O)N(C)C. The van der Waals surface area contributed by atoms with Gasteiger partial charge in [0.2, 0.25) is 11.8 Å². The molecule has 1 unspecified atom stereocenters. The number of nitriles is 1. The first-order chi connectivity index (χ1) is 7.40. The number of nitrogens with zero attached hydrogens (tertiary/aromatic N) is 2. The van der Waals surface area contributed by atoms with Crippen molar-refractivity contribution in [2.24, 2.45) is 11.8 Å². The fourth-order valence-electron chi connectivity index (χ4n) is 1.14. The maximum Gasteiger partial charge on any atom is 0.237 e. The van der Waals surface area contributed by atoms with E-state index in [4.69, 9.17) is 5.26 Å². The number of amides is 2. The van der Waals surface area contributed by atoms with E-state index in [1.165, 1.54) is 4.90 Å². The smallest absolute Gasteiger partial charge is 0.237 e. The lowest BCUT2D eigenvalue weighted by atomic mass is 9.97. The summed E-state index contributed by atoms with van der Waals surface area (Å²) in [5.74, 6) is -1.01. The molecule has 90 valence electrons. The first kappa shape index (κ1) is 14.4. The lowest BCUT2D eigenvalue weighted by Crippen LogP contribution is -2.35. The van der Waals surface area contributed by atoms with Gasteiger partial charge in [-0.05, 0) is 5.92 Å². The first-order valence-corrected chi connectivity index (χ1v) is 5.27. The van der Waals surface area contributed by atoms with Gasteiger partial charge in [0, 0.05) is 27.1 Å². The number of carbonyl (C=O) groups is 2. The second kappa shape index (κ2) is 6.83. The van der Waals surface area contributed by atoms with Gasteiger partial charge in [-0.2, -0.15) is 5.26 Å². The van der Waals surface area contributed by atoms with Crippen LogP contribution in [0.2, 0.25) is 0 Å². The van der Waals surface area contributed by atoms with Crippen LogP contribution in [0.4, 0.5) is 0 Å². The zero-order valence-corrected chi connectivity index (χ0v) is 10.3. The standard InChI is InChI=1S/C11H19N3O2/c1-8(2)9(7-12)11(16)13-6-5-10(15)14(3)4/h8-9H,5-6H2,1-4H3,(H,13,16). The largest absolute Gasteiger partial charge is 0.354 e. The van der Waals surface area contributed by atoms with Crippen molar-refractivity contribution < 1.29 is 9.59 Å². The van der Waals surface area contributed by atoms with Crippen molar-refractivity contribution in [2.75, 3.05) is 20.6 Å². The van der Waals surface area contributed by atoms with E-state index >= 15 is 0 Å². The molecule has 0 aliphatic heterocycles. The van der Waals surface area contributed by atoms with E-state index in [0.29, 0.717) is 0 Å². The molecule has 0 saturated heterocycles. The zero-order valence-electron chi connectivity index (χ0n) is 10.3. The predicted molar refractivity (Wildman–Crippen MR) is 60.3 cm³/mol. The van der Waals surface area contributed by atoms with Crippen molar-refractivity contribution in [3.63, 3.8) is 0 Å². The van der Waals surface area contributed by atoms with E-state index < -0.39 is 5.92 Å². The highest BCUT2D eigenvalue weighted by Gasteiger charge is 2.21. The molecule has 1 N–H and O–H groups in total. The van der Waals surface area contributed by atoms with E-state index in [-0.39, 0.29) is 30.7 Å². The molecule has 2 amide bonds. The minimum atomic E-state index is -0.644. The molecule has 0 radical (unpaired) electrons. The highest BCUT2D eigenvalue weighted by atomic mass is 16.2. The Balaban J connectivity index is 3.99. The summed E-state index contributed by atoms with van der Waals surface area (Å²) < 4.78 is 0. The molecular weight excluding hydrogens is 206 g/mol. The molecule has 0 heterocycles. The van der Waals surface area contributed by atoms with E-state index in [0.717, 1.165) is 0 Å². The van der Waals surface area contributed by atoms with Gasteiger partial charge in [0.05, 0.1) is 6.07 Å². The number of rotatable bonds is 5. The van der Waals surface area contributed by atoms with Crippen molar-refractivity contribution >= 4 is 11.8 Å². The van der Waals surface area contributed by atoms with Gasteiger partial charge >= 0.3 is 0 Å². The Morgan fingerprint density at radius 2 is 1.94 bits per heavy atom. The molecule has 0 saturated carbocycles. The number of carbonyl (C=O) groups excluding carboxylic acids is 2. The van der Waals surface area contributed by atoms with Gasteiger partial charge in [0.25, 0.3) is 0 Å². The van der Waals surface area contributed by atoms with Crippen molar-refractivity contribution in [3.05, 3.63) is 0 Å². The second-order valence-electron chi connectivity index (χ2n) is 4.18. The van der Waals surface area contributed by atoms with Crippen LogP contribution >= 0.6 is 0 Å². The number of hydrogen-bond donors (Lipinski definition) is 1. The van der Waals surface area contributed by atoms with Gasteiger partial charge in [-0.15, -0.1) is 0 Å². The Kier molecular flexibility index (Phi) is 6.16. The topological polar surface area (TPSA) is 73.2 Å². The Hall–Kier alpha value is -1.57. The molecule has 0 aromatic carbocycles. The maximum absolute atomic E-state index is 11.5. The Labute approximate surface area is 96.4 Å². The fraction of sp³-hybridized carbons (Fsp3) is 0.727. The summed E-state index contributed by atoms with van der Waals surface area (Å²) >= 11 is 0. The number of hydrogen-bond acceptors (Lipinski definition) is 3. The summed E-state index contributed by atoms with van der Waals surface area (Å²) in [6.07, 6.45) is 0.259. The molecule has 0 bridgehead atoms.